The van der Waals surface area contributed by atoms with Crippen molar-refractivity contribution in [3.05, 3.63) is 12.2 Å². The Kier molecular flexibility index (Phi) is 15.1. The second-order valence-electron chi connectivity index (χ2n) is 7.84. The van der Waals surface area contributed by atoms with E-state index in [0.29, 0.717) is 11.7 Å². The number of hydrogen-bond donors (Lipinski definition) is 1. The molecule has 2 heteroatoms. The number of carbonyl (C=O) groups excluding carboxylic acids is 1. The van der Waals surface area contributed by atoms with Gasteiger partial charge in [0, 0.05) is 12.3 Å². The molecule has 0 saturated carbocycles. The molecule has 2 nitrogen and oxygen atoms in total. The smallest absolute Gasteiger partial charge is 0.136 e. The van der Waals surface area contributed by atoms with E-state index in [1.54, 1.807) is 0 Å². The molecule has 1 heterocycles. The van der Waals surface area contributed by atoms with Gasteiger partial charge in [0.15, 0.2) is 0 Å². The highest BCUT2D eigenvalue weighted by atomic mass is 16.1. The van der Waals surface area contributed by atoms with Crippen molar-refractivity contribution in [2.24, 2.45) is 5.92 Å². The summed E-state index contributed by atoms with van der Waals surface area (Å²) in [5.74, 6) is 0.895. The van der Waals surface area contributed by atoms with Gasteiger partial charge >= 0.3 is 0 Å². The lowest BCUT2D eigenvalue weighted by Crippen LogP contribution is -2.17. The highest BCUT2D eigenvalue weighted by Gasteiger charge is 2.18. The van der Waals surface area contributed by atoms with Gasteiger partial charge in [-0.25, -0.2) is 0 Å². The normalized spacial score (nSPS) is 18.5. The minimum absolute atomic E-state index is 0.355. The fourth-order valence-electron chi connectivity index (χ4n) is 3.86. The zero-order valence-corrected chi connectivity index (χ0v) is 16.9. The summed E-state index contributed by atoms with van der Waals surface area (Å²) in [7, 11) is 0. The van der Waals surface area contributed by atoms with E-state index in [4.69, 9.17) is 0 Å². The SMILES string of the molecule is CC=CCCCCCCCCCCCCCC(=O)C1CCCNCC1. The number of Topliss-reactive ketones (excluding diaryl/α,β-unsaturated/α-hetero) is 1. The second-order valence-corrected chi connectivity index (χ2v) is 7.84. The molecule has 1 saturated heterocycles. The van der Waals surface area contributed by atoms with Crippen molar-refractivity contribution in [1.29, 1.82) is 0 Å². The molecule has 0 aromatic carbocycles. The van der Waals surface area contributed by atoms with Gasteiger partial charge in [-0.15, -0.1) is 0 Å². The van der Waals surface area contributed by atoms with Gasteiger partial charge in [0.1, 0.15) is 5.78 Å². The van der Waals surface area contributed by atoms with Gasteiger partial charge in [0.2, 0.25) is 0 Å². The first-order chi connectivity index (χ1) is 12.3. The lowest BCUT2D eigenvalue weighted by atomic mass is 9.92. The van der Waals surface area contributed by atoms with Crippen LogP contribution in [-0.2, 0) is 4.79 Å². The summed E-state index contributed by atoms with van der Waals surface area (Å²) in [4.78, 5) is 12.2. The summed E-state index contributed by atoms with van der Waals surface area (Å²) in [6.45, 7) is 4.24. The Balaban J connectivity index is 1.80. The molecular weight excluding hydrogens is 306 g/mol. The Morgan fingerprint density at radius 3 is 2.08 bits per heavy atom. The molecular formula is C23H43NO. The van der Waals surface area contributed by atoms with E-state index in [1.165, 1.54) is 77.0 Å². The van der Waals surface area contributed by atoms with E-state index in [0.717, 1.165) is 38.8 Å². The molecule has 0 aromatic heterocycles. The minimum atomic E-state index is 0.355. The van der Waals surface area contributed by atoms with Crippen LogP contribution in [0.4, 0.5) is 0 Å². The Morgan fingerprint density at radius 2 is 1.44 bits per heavy atom. The topological polar surface area (TPSA) is 29.1 Å². The maximum absolute atomic E-state index is 12.2. The van der Waals surface area contributed by atoms with Crippen LogP contribution in [0.15, 0.2) is 12.2 Å². The Bertz CT molecular complexity index is 329. The Hall–Kier alpha value is -0.630. The van der Waals surface area contributed by atoms with Crippen molar-refractivity contribution in [2.75, 3.05) is 13.1 Å². The second kappa shape index (κ2) is 16.8. The molecule has 0 radical (unpaired) electrons. The van der Waals surface area contributed by atoms with Crippen LogP contribution in [0, 0.1) is 5.92 Å². The van der Waals surface area contributed by atoms with Crippen molar-refractivity contribution in [2.45, 2.75) is 110 Å². The number of nitrogens with one attached hydrogen (secondary N) is 1. The van der Waals surface area contributed by atoms with Crippen LogP contribution in [0.3, 0.4) is 0 Å². The zero-order chi connectivity index (χ0) is 18.0. The minimum Gasteiger partial charge on any atom is -0.317 e. The van der Waals surface area contributed by atoms with E-state index in [-0.39, 0.29) is 0 Å². The van der Waals surface area contributed by atoms with E-state index < -0.39 is 0 Å². The van der Waals surface area contributed by atoms with E-state index in [9.17, 15) is 4.79 Å². The van der Waals surface area contributed by atoms with Gasteiger partial charge in [0.05, 0.1) is 0 Å². The molecule has 1 rings (SSSR count). The predicted octanol–water partition coefficient (Wildman–Crippen LogP) is 6.59. The average molecular weight is 350 g/mol. The highest BCUT2D eigenvalue weighted by Crippen LogP contribution is 2.18. The Labute approximate surface area is 157 Å². The fraction of sp³-hybridized carbons (Fsp3) is 0.870. The molecule has 25 heavy (non-hydrogen) atoms. The first kappa shape index (κ1) is 22.4. The molecule has 0 amide bonds. The fourth-order valence-corrected chi connectivity index (χ4v) is 3.86. The standard InChI is InChI=1S/C23H43NO/c1-2-3-4-5-6-7-8-9-10-11-12-13-14-15-18-23(25)22-17-16-20-24-21-19-22/h2-3,22,24H,4-21H2,1H3. The summed E-state index contributed by atoms with van der Waals surface area (Å²) < 4.78 is 0. The molecule has 1 N–H and O–H groups in total. The van der Waals surface area contributed by atoms with E-state index in [1.807, 2.05) is 0 Å². The van der Waals surface area contributed by atoms with Gasteiger partial charge in [0.25, 0.3) is 0 Å². The van der Waals surface area contributed by atoms with Gasteiger partial charge in [-0.05, 0) is 58.5 Å². The summed E-state index contributed by atoms with van der Waals surface area (Å²) >= 11 is 0. The first-order valence-electron chi connectivity index (χ1n) is 11.2. The molecule has 0 aromatic rings. The van der Waals surface area contributed by atoms with Gasteiger partial charge in [-0.1, -0.05) is 69.9 Å². The molecule has 0 spiro atoms. The van der Waals surface area contributed by atoms with Crippen molar-refractivity contribution < 1.29 is 4.79 Å². The van der Waals surface area contributed by atoms with Gasteiger partial charge in [-0.2, -0.15) is 0 Å². The van der Waals surface area contributed by atoms with Crippen LogP contribution in [0.25, 0.3) is 0 Å². The summed E-state index contributed by atoms with van der Waals surface area (Å²) in [5.41, 5.74) is 0. The molecule has 1 aliphatic heterocycles. The van der Waals surface area contributed by atoms with E-state index >= 15 is 0 Å². The quantitative estimate of drug-likeness (QED) is 0.267. The maximum atomic E-state index is 12.2. The third-order valence-electron chi connectivity index (χ3n) is 5.56. The van der Waals surface area contributed by atoms with Crippen molar-refractivity contribution in [1.82, 2.24) is 5.32 Å². The number of allylic oxidation sites excluding steroid dienone is 2. The third kappa shape index (κ3) is 13.3. The molecule has 1 aliphatic rings. The van der Waals surface area contributed by atoms with Crippen LogP contribution in [0.2, 0.25) is 0 Å². The van der Waals surface area contributed by atoms with Gasteiger partial charge in [-0.3, -0.25) is 4.79 Å². The number of carbonyl (C=O) groups is 1. The highest BCUT2D eigenvalue weighted by molar-refractivity contribution is 5.80. The van der Waals surface area contributed by atoms with E-state index in [2.05, 4.69) is 24.4 Å². The third-order valence-corrected chi connectivity index (χ3v) is 5.56. The molecule has 0 bridgehead atoms. The van der Waals surface area contributed by atoms with Crippen molar-refractivity contribution in [3.63, 3.8) is 0 Å². The van der Waals surface area contributed by atoms with Crippen molar-refractivity contribution >= 4 is 5.78 Å². The van der Waals surface area contributed by atoms with Crippen LogP contribution in [0.1, 0.15) is 110 Å². The number of unbranched alkanes of at least 4 members (excludes halogenated alkanes) is 11. The largest absolute Gasteiger partial charge is 0.317 e. The van der Waals surface area contributed by atoms with Crippen LogP contribution in [-0.4, -0.2) is 18.9 Å². The molecule has 0 aliphatic carbocycles. The number of hydrogen-bond acceptors (Lipinski definition) is 2. The number of rotatable bonds is 15. The zero-order valence-electron chi connectivity index (χ0n) is 16.9. The first-order valence-corrected chi connectivity index (χ1v) is 11.2. The van der Waals surface area contributed by atoms with Crippen LogP contribution in [0.5, 0.6) is 0 Å². The van der Waals surface area contributed by atoms with Crippen molar-refractivity contribution in [3.8, 4) is 0 Å². The summed E-state index contributed by atoms with van der Waals surface area (Å²) in [5, 5.41) is 3.40. The van der Waals surface area contributed by atoms with Crippen LogP contribution >= 0.6 is 0 Å². The summed E-state index contributed by atoms with van der Waals surface area (Å²) in [6.07, 6.45) is 24.7. The number of ketones is 1. The maximum Gasteiger partial charge on any atom is 0.136 e. The molecule has 1 atom stereocenters. The molecule has 1 fully saturated rings. The van der Waals surface area contributed by atoms with Crippen LogP contribution < -0.4 is 5.32 Å². The lowest BCUT2D eigenvalue weighted by Gasteiger charge is -2.12. The van der Waals surface area contributed by atoms with Gasteiger partial charge < -0.3 is 5.32 Å². The molecule has 1 unspecified atom stereocenters. The molecule has 146 valence electrons. The summed E-state index contributed by atoms with van der Waals surface area (Å²) in [6, 6.07) is 0. The average Bonchev–Trinajstić information content (AvgIpc) is 2.91. The monoisotopic (exact) mass is 349 g/mol. The predicted molar refractivity (Wildman–Crippen MR) is 110 cm³/mol. The Morgan fingerprint density at radius 1 is 0.840 bits per heavy atom. The lowest BCUT2D eigenvalue weighted by molar-refractivity contribution is -0.123.